The van der Waals surface area contributed by atoms with Crippen molar-refractivity contribution in [3.05, 3.63) is 74.6 Å². The number of aromatic nitrogens is 1. The van der Waals surface area contributed by atoms with E-state index in [0.29, 0.717) is 10.6 Å². The van der Waals surface area contributed by atoms with Crippen LogP contribution in [-0.2, 0) is 6.42 Å². The van der Waals surface area contributed by atoms with Gasteiger partial charge in [0.15, 0.2) is 0 Å². The van der Waals surface area contributed by atoms with Gasteiger partial charge in [0.25, 0.3) is 0 Å². The van der Waals surface area contributed by atoms with Crippen LogP contribution in [0.5, 0.6) is 0 Å². The molecule has 1 heterocycles. The molecule has 0 amide bonds. The highest BCUT2D eigenvalue weighted by atomic mass is 35.5. The second kappa shape index (κ2) is 7.65. The lowest BCUT2D eigenvalue weighted by Gasteiger charge is -2.00. The summed E-state index contributed by atoms with van der Waals surface area (Å²) < 4.78 is 0. The minimum atomic E-state index is 0.570. The topological polar surface area (TPSA) is 36.7 Å². The van der Waals surface area contributed by atoms with E-state index in [-0.39, 0.29) is 0 Å². The van der Waals surface area contributed by atoms with E-state index in [0.717, 1.165) is 28.2 Å². The molecule has 0 atom stereocenters. The smallest absolute Gasteiger partial charge is 0.134 e. The number of nitrogens with zero attached hydrogens (tertiary/aromatic N) is 2. The van der Waals surface area contributed by atoms with Crippen LogP contribution in [0.4, 0.5) is 0 Å². The molecule has 0 saturated heterocycles. The van der Waals surface area contributed by atoms with Gasteiger partial charge in [-0.2, -0.15) is 5.26 Å². The first kappa shape index (κ1) is 17.4. The number of hydrogen-bond donors (Lipinski definition) is 0. The zero-order valence-electron chi connectivity index (χ0n) is 14.1. The Kier molecular flexibility index (Phi) is 5.33. The number of rotatable bonds is 4. The van der Waals surface area contributed by atoms with Crippen LogP contribution in [0.3, 0.4) is 0 Å². The lowest BCUT2D eigenvalue weighted by molar-refractivity contribution is 1.17. The third-order valence-electron chi connectivity index (χ3n) is 3.88. The molecule has 0 spiro atoms. The minimum absolute atomic E-state index is 0.570. The second-order valence-corrected chi connectivity index (χ2v) is 7.25. The van der Waals surface area contributed by atoms with E-state index in [1.807, 2.05) is 30.3 Å². The van der Waals surface area contributed by atoms with Gasteiger partial charge in [0, 0.05) is 15.5 Å². The van der Waals surface area contributed by atoms with E-state index in [9.17, 15) is 5.26 Å². The fourth-order valence-corrected chi connectivity index (χ4v) is 3.63. The van der Waals surface area contributed by atoms with Gasteiger partial charge in [-0.3, -0.25) is 0 Å². The first-order valence-corrected chi connectivity index (χ1v) is 9.24. The standard InChI is InChI=1S/C21H17ClN2S/c1-3-19-20(16-8-4-14(2)5-9-16)24-21(25-19)17(13-23)12-15-6-10-18(22)11-7-15/h4-12H,3H2,1-2H3/b17-12-. The lowest BCUT2D eigenvalue weighted by atomic mass is 10.1. The van der Waals surface area contributed by atoms with Crippen molar-refractivity contribution in [1.29, 1.82) is 5.26 Å². The first-order valence-electron chi connectivity index (χ1n) is 8.05. The monoisotopic (exact) mass is 364 g/mol. The third-order valence-corrected chi connectivity index (χ3v) is 5.36. The number of halogens is 1. The predicted molar refractivity (Wildman–Crippen MR) is 107 cm³/mol. The Hall–Kier alpha value is -2.41. The molecule has 0 radical (unpaired) electrons. The molecular weight excluding hydrogens is 348 g/mol. The third kappa shape index (κ3) is 3.99. The Morgan fingerprint density at radius 1 is 1.16 bits per heavy atom. The molecule has 2 aromatic carbocycles. The summed E-state index contributed by atoms with van der Waals surface area (Å²) in [7, 11) is 0. The van der Waals surface area contributed by atoms with Crippen LogP contribution >= 0.6 is 22.9 Å². The summed E-state index contributed by atoms with van der Waals surface area (Å²) in [5.41, 5.74) is 4.79. The molecule has 0 saturated carbocycles. The van der Waals surface area contributed by atoms with Crippen LogP contribution in [0.15, 0.2) is 48.5 Å². The minimum Gasteiger partial charge on any atom is -0.235 e. The number of nitriles is 1. The Morgan fingerprint density at radius 2 is 1.84 bits per heavy atom. The van der Waals surface area contributed by atoms with E-state index < -0.39 is 0 Å². The molecule has 4 heteroatoms. The molecule has 124 valence electrons. The van der Waals surface area contributed by atoms with Gasteiger partial charge < -0.3 is 0 Å². The molecule has 25 heavy (non-hydrogen) atoms. The Bertz CT molecular complexity index is 945. The largest absolute Gasteiger partial charge is 0.235 e. The molecule has 0 unspecified atom stereocenters. The maximum atomic E-state index is 9.60. The molecule has 0 fully saturated rings. The second-order valence-electron chi connectivity index (χ2n) is 5.73. The highest BCUT2D eigenvalue weighted by molar-refractivity contribution is 7.13. The van der Waals surface area contributed by atoms with Gasteiger partial charge in [-0.05, 0) is 37.1 Å². The van der Waals surface area contributed by atoms with Gasteiger partial charge >= 0.3 is 0 Å². The molecule has 0 N–H and O–H groups in total. The van der Waals surface area contributed by atoms with Gasteiger partial charge in [0.1, 0.15) is 11.1 Å². The number of aryl methyl sites for hydroxylation is 2. The van der Waals surface area contributed by atoms with Crippen molar-refractivity contribution in [2.24, 2.45) is 0 Å². The Labute approximate surface area is 157 Å². The van der Waals surface area contributed by atoms with Crippen molar-refractivity contribution in [3.8, 4) is 17.3 Å². The van der Waals surface area contributed by atoms with Crippen molar-refractivity contribution >= 4 is 34.6 Å². The normalized spacial score (nSPS) is 11.4. The molecule has 3 rings (SSSR count). The van der Waals surface area contributed by atoms with Gasteiger partial charge in [-0.25, -0.2) is 4.98 Å². The highest BCUT2D eigenvalue weighted by Crippen LogP contribution is 2.33. The van der Waals surface area contributed by atoms with Crippen molar-refractivity contribution in [2.45, 2.75) is 20.3 Å². The van der Waals surface area contributed by atoms with Gasteiger partial charge in [-0.15, -0.1) is 11.3 Å². The van der Waals surface area contributed by atoms with Crippen LogP contribution in [-0.4, -0.2) is 4.98 Å². The molecule has 0 aliphatic carbocycles. The maximum absolute atomic E-state index is 9.60. The Balaban J connectivity index is 2.03. The Morgan fingerprint density at radius 3 is 2.44 bits per heavy atom. The lowest BCUT2D eigenvalue weighted by Crippen LogP contribution is -1.85. The summed E-state index contributed by atoms with van der Waals surface area (Å²) in [5.74, 6) is 0. The van der Waals surface area contributed by atoms with Crippen LogP contribution in [0.25, 0.3) is 22.9 Å². The summed E-state index contributed by atoms with van der Waals surface area (Å²) in [6.07, 6.45) is 2.74. The van der Waals surface area contributed by atoms with Crippen LogP contribution in [0.1, 0.15) is 27.9 Å². The number of thiazole rings is 1. The fourth-order valence-electron chi connectivity index (χ4n) is 2.51. The van der Waals surface area contributed by atoms with Crippen molar-refractivity contribution in [1.82, 2.24) is 4.98 Å². The van der Waals surface area contributed by atoms with E-state index in [1.54, 1.807) is 11.3 Å². The first-order chi connectivity index (χ1) is 12.1. The average Bonchev–Trinajstić information content (AvgIpc) is 3.06. The average molecular weight is 365 g/mol. The summed E-state index contributed by atoms with van der Waals surface area (Å²) >= 11 is 7.51. The summed E-state index contributed by atoms with van der Waals surface area (Å²) in [6.45, 7) is 4.18. The molecule has 0 aliphatic heterocycles. The maximum Gasteiger partial charge on any atom is 0.134 e. The van der Waals surface area contributed by atoms with E-state index >= 15 is 0 Å². The van der Waals surface area contributed by atoms with Crippen LogP contribution < -0.4 is 0 Å². The summed E-state index contributed by atoms with van der Waals surface area (Å²) in [6, 6.07) is 18.1. The van der Waals surface area contributed by atoms with Crippen molar-refractivity contribution < 1.29 is 0 Å². The van der Waals surface area contributed by atoms with E-state index in [4.69, 9.17) is 16.6 Å². The van der Waals surface area contributed by atoms with Crippen LogP contribution in [0, 0.1) is 18.3 Å². The molecule has 3 aromatic rings. The van der Waals surface area contributed by atoms with E-state index in [1.165, 1.54) is 10.4 Å². The van der Waals surface area contributed by atoms with Gasteiger partial charge in [0.2, 0.25) is 0 Å². The predicted octanol–water partition coefficient (Wildman–Crippen LogP) is 6.40. The fraction of sp³-hybridized carbons (Fsp3) is 0.143. The van der Waals surface area contributed by atoms with Crippen molar-refractivity contribution in [3.63, 3.8) is 0 Å². The summed E-state index contributed by atoms with van der Waals surface area (Å²) in [5, 5.41) is 11.0. The molecule has 0 bridgehead atoms. The number of benzene rings is 2. The van der Waals surface area contributed by atoms with Crippen LogP contribution in [0.2, 0.25) is 5.02 Å². The van der Waals surface area contributed by atoms with Gasteiger partial charge in [0.05, 0.1) is 11.3 Å². The number of allylic oxidation sites excluding steroid dienone is 1. The molecular formula is C21H17ClN2S. The zero-order valence-corrected chi connectivity index (χ0v) is 15.7. The quantitative estimate of drug-likeness (QED) is 0.502. The molecule has 2 nitrogen and oxygen atoms in total. The van der Waals surface area contributed by atoms with Crippen molar-refractivity contribution in [2.75, 3.05) is 0 Å². The van der Waals surface area contributed by atoms with E-state index in [2.05, 4.69) is 44.2 Å². The highest BCUT2D eigenvalue weighted by Gasteiger charge is 2.14. The number of hydrogen-bond acceptors (Lipinski definition) is 3. The molecule has 0 aliphatic rings. The summed E-state index contributed by atoms with van der Waals surface area (Å²) in [4.78, 5) is 5.96. The van der Waals surface area contributed by atoms with Gasteiger partial charge in [-0.1, -0.05) is 60.5 Å². The molecule has 1 aromatic heterocycles. The zero-order chi connectivity index (χ0) is 17.8. The SMILES string of the molecule is CCc1sc(/C(C#N)=C\c2ccc(Cl)cc2)nc1-c1ccc(C)cc1.